The van der Waals surface area contributed by atoms with Gasteiger partial charge in [0.1, 0.15) is 5.01 Å². The number of benzene rings is 1. The number of hydrogen-bond acceptors (Lipinski definition) is 4. The summed E-state index contributed by atoms with van der Waals surface area (Å²) >= 11 is 6.88. The molecule has 0 saturated carbocycles. The summed E-state index contributed by atoms with van der Waals surface area (Å²) in [7, 11) is 0. The summed E-state index contributed by atoms with van der Waals surface area (Å²) in [5, 5.41) is 0.397. The molecule has 72 valence electrons. The van der Waals surface area contributed by atoms with Gasteiger partial charge in [-0.25, -0.2) is 4.98 Å². The fourth-order valence-corrected chi connectivity index (χ4v) is 2.13. The topological polar surface area (TPSA) is 56.0 Å². The Labute approximate surface area is 89.5 Å². The van der Waals surface area contributed by atoms with Gasteiger partial charge < -0.3 is 5.73 Å². The minimum absolute atomic E-state index is 0.420. The summed E-state index contributed by atoms with van der Waals surface area (Å²) < 4.78 is 1.02. The summed E-state index contributed by atoms with van der Waals surface area (Å²) in [6, 6.07) is 5.21. The molecule has 2 aromatic rings. The van der Waals surface area contributed by atoms with Gasteiger partial charge in [-0.05, 0) is 29.8 Å². The predicted molar refractivity (Wildman–Crippen MR) is 57.7 cm³/mol. The van der Waals surface area contributed by atoms with Gasteiger partial charge in [-0.3, -0.25) is 4.79 Å². The van der Waals surface area contributed by atoms with Gasteiger partial charge in [0.05, 0.1) is 10.2 Å². The van der Waals surface area contributed by atoms with E-state index in [0.717, 1.165) is 15.2 Å². The number of carbonyl (C=O) groups is 1. The first-order chi connectivity index (χ1) is 6.70. The Kier molecular flexibility index (Phi) is 2.50. The minimum atomic E-state index is -0.464. The van der Waals surface area contributed by atoms with Crippen LogP contribution in [-0.2, 0) is 6.54 Å². The van der Waals surface area contributed by atoms with Crippen molar-refractivity contribution in [1.82, 2.24) is 4.98 Å². The lowest BCUT2D eigenvalue weighted by Gasteiger charge is -1.91. The molecule has 1 aromatic heterocycles. The smallest absolute Gasteiger partial charge is 0.252 e. The second kappa shape index (κ2) is 3.65. The van der Waals surface area contributed by atoms with E-state index in [2.05, 4.69) is 4.98 Å². The molecular weight excluding hydrogens is 220 g/mol. The van der Waals surface area contributed by atoms with E-state index in [1.807, 2.05) is 6.07 Å². The van der Waals surface area contributed by atoms with Crippen molar-refractivity contribution in [3.8, 4) is 0 Å². The Morgan fingerprint density at radius 1 is 1.57 bits per heavy atom. The van der Waals surface area contributed by atoms with E-state index in [0.29, 0.717) is 12.1 Å². The van der Waals surface area contributed by atoms with Crippen molar-refractivity contribution in [2.24, 2.45) is 5.73 Å². The molecule has 2 N–H and O–H groups in total. The molecule has 0 saturated heterocycles. The van der Waals surface area contributed by atoms with Crippen molar-refractivity contribution < 1.29 is 4.79 Å². The molecule has 0 aliphatic heterocycles. The summed E-state index contributed by atoms with van der Waals surface area (Å²) in [6.45, 7) is 0.420. The zero-order chi connectivity index (χ0) is 10.1. The van der Waals surface area contributed by atoms with Crippen molar-refractivity contribution in [1.29, 1.82) is 0 Å². The van der Waals surface area contributed by atoms with Crippen molar-refractivity contribution in [2.75, 3.05) is 0 Å². The fraction of sp³-hybridized carbons (Fsp3) is 0.111. The van der Waals surface area contributed by atoms with Gasteiger partial charge in [0.2, 0.25) is 0 Å². The number of fused-ring (bicyclic) bond motifs is 1. The Bertz CT molecular complexity index is 495. The highest BCUT2D eigenvalue weighted by Gasteiger charge is 2.06. The lowest BCUT2D eigenvalue weighted by molar-refractivity contribution is 0.108. The number of nitrogens with two attached hydrogens (primary N) is 1. The third-order valence-electron chi connectivity index (χ3n) is 1.83. The first kappa shape index (κ1) is 9.58. The number of halogens is 1. The Morgan fingerprint density at radius 3 is 3.00 bits per heavy atom. The Morgan fingerprint density at radius 2 is 2.36 bits per heavy atom. The normalized spacial score (nSPS) is 10.7. The van der Waals surface area contributed by atoms with E-state index in [4.69, 9.17) is 17.3 Å². The van der Waals surface area contributed by atoms with E-state index >= 15 is 0 Å². The van der Waals surface area contributed by atoms with Crippen LogP contribution in [0.4, 0.5) is 0 Å². The molecule has 3 nitrogen and oxygen atoms in total. The average molecular weight is 227 g/mol. The maximum atomic E-state index is 10.9. The van der Waals surface area contributed by atoms with E-state index in [-0.39, 0.29) is 0 Å². The van der Waals surface area contributed by atoms with Crippen molar-refractivity contribution in [2.45, 2.75) is 6.54 Å². The van der Waals surface area contributed by atoms with Crippen LogP contribution < -0.4 is 5.73 Å². The zero-order valence-corrected chi connectivity index (χ0v) is 8.73. The van der Waals surface area contributed by atoms with Gasteiger partial charge in [0.25, 0.3) is 5.24 Å². The number of rotatable bonds is 2. The Balaban J connectivity index is 2.59. The standard InChI is InChI=1S/C9H7ClN2OS/c10-9(13)5-1-2-7-6(3-5)12-8(4-11)14-7/h1-3H,4,11H2. The quantitative estimate of drug-likeness (QED) is 0.799. The molecule has 0 aliphatic carbocycles. The minimum Gasteiger partial charge on any atom is -0.325 e. The van der Waals surface area contributed by atoms with E-state index in [9.17, 15) is 4.79 Å². The van der Waals surface area contributed by atoms with Crippen LogP contribution in [0.15, 0.2) is 18.2 Å². The maximum absolute atomic E-state index is 10.9. The van der Waals surface area contributed by atoms with E-state index in [1.165, 1.54) is 11.3 Å². The fourth-order valence-electron chi connectivity index (χ4n) is 1.18. The van der Waals surface area contributed by atoms with E-state index in [1.54, 1.807) is 12.1 Å². The van der Waals surface area contributed by atoms with Gasteiger partial charge >= 0.3 is 0 Å². The second-order valence-corrected chi connectivity index (χ2v) is 4.23. The van der Waals surface area contributed by atoms with Crippen molar-refractivity contribution in [3.05, 3.63) is 28.8 Å². The lowest BCUT2D eigenvalue weighted by Crippen LogP contribution is -1.94. The molecule has 0 radical (unpaired) electrons. The summed E-state index contributed by atoms with van der Waals surface area (Å²) in [6.07, 6.45) is 0. The van der Waals surface area contributed by atoms with Gasteiger partial charge in [0.15, 0.2) is 0 Å². The van der Waals surface area contributed by atoms with Crippen LogP contribution in [0.3, 0.4) is 0 Å². The average Bonchev–Trinajstić information content (AvgIpc) is 2.58. The molecule has 0 bridgehead atoms. The molecular formula is C9H7ClN2OS. The van der Waals surface area contributed by atoms with Crippen molar-refractivity contribution in [3.63, 3.8) is 0 Å². The zero-order valence-electron chi connectivity index (χ0n) is 7.16. The molecule has 0 spiro atoms. The van der Waals surface area contributed by atoms with Gasteiger partial charge in [0, 0.05) is 12.1 Å². The summed E-state index contributed by atoms with van der Waals surface area (Å²) in [4.78, 5) is 15.1. The highest BCUT2D eigenvalue weighted by molar-refractivity contribution is 7.18. The number of carbonyl (C=O) groups excluding carboxylic acids is 1. The van der Waals surface area contributed by atoms with Crippen LogP contribution in [0.2, 0.25) is 0 Å². The highest BCUT2D eigenvalue weighted by Crippen LogP contribution is 2.23. The molecule has 0 amide bonds. The molecule has 5 heteroatoms. The third-order valence-corrected chi connectivity index (χ3v) is 3.11. The van der Waals surface area contributed by atoms with Crippen LogP contribution in [0.25, 0.3) is 10.2 Å². The molecule has 0 atom stereocenters. The number of nitrogens with zero attached hydrogens (tertiary/aromatic N) is 1. The molecule has 0 unspecified atom stereocenters. The van der Waals surface area contributed by atoms with Crippen molar-refractivity contribution >= 4 is 38.4 Å². The first-order valence-electron chi connectivity index (χ1n) is 4.00. The van der Waals surface area contributed by atoms with E-state index < -0.39 is 5.24 Å². The van der Waals surface area contributed by atoms with Gasteiger partial charge in [-0.1, -0.05) is 0 Å². The highest BCUT2D eigenvalue weighted by atomic mass is 35.5. The first-order valence-corrected chi connectivity index (χ1v) is 5.19. The molecule has 0 fully saturated rings. The number of aromatic nitrogens is 1. The summed E-state index contributed by atoms with van der Waals surface area (Å²) in [5.41, 5.74) is 6.71. The van der Waals surface area contributed by atoms with Gasteiger partial charge in [-0.2, -0.15) is 0 Å². The molecule has 1 aromatic carbocycles. The molecule has 14 heavy (non-hydrogen) atoms. The van der Waals surface area contributed by atoms with Crippen LogP contribution in [0.1, 0.15) is 15.4 Å². The molecule has 2 rings (SSSR count). The largest absolute Gasteiger partial charge is 0.325 e. The predicted octanol–water partition coefficient (Wildman–Crippen LogP) is 2.13. The monoisotopic (exact) mass is 226 g/mol. The number of thiazole rings is 1. The molecule has 1 heterocycles. The SMILES string of the molecule is NCc1nc2cc(C(=O)Cl)ccc2s1. The van der Waals surface area contributed by atoms with Crippen LogP contribution in [0.5, 0.6) is 0 Å². The van der Waals surface area contributed by atoms with Crippen LogP contribution in [0, 0.1) is 0 Å². The summed E-state index contributed by atoms with van der Waals surface area (Å²) in [5.74, 6) is 0. The van der Waals surface area contributed by atoms with Crippen LogP contribution >= 0.6 is 22.9 Å². The van der Waals surface area contributed by atoms with Crippen LogP contribution in [-0.4, -0.2) is 10.2 Å². The second-order valence-electron chi connectivity index (χ2n) is 2.77. The molecule has 0 aliphatic rings. The Hall–Kier alpha value is -0.970. The number of hydrogen-bond donors (Lipinski definition) is 1. The van der Waals surface area contributed by atoms with Gasteiger partial charge in [-0.15, -0.1) is 11.3 Å². The third kappa shape index (κ3) is 1.64. The lowest BCUT2D eigenvalue weighted by atomic mass is 10.2. The maximum Gasteiger partial charge on any atom is 0.252 e.